The van der Waals surface area contributed by atoms with Crippen molar-refractivity contribution in [3.05, 3.63) is 35.4 Å². The normalized spacial score (nSPS) is 11.1. The van der Waals surface area contributed by atoms with Gasteiger partial charge in [0.1, 0.15) is 6.61 Å². The Bertz CT molecular complexity index is 386. The Labute approximate surface area is 101 Å². The van der Waals surface area contributed by atoms with Crippen LogP contribution in [0.4, 0.5) is 0 Å². The lowest BCUT2D eigenvalue weighted by Gasteiger charge is -2.03. The van der Waals surface area contributed by atoms with Crippen LogP contribution in [-0.4, -0.2) is 23.6 Å². The van der Waals surface area contributed by atoms with Crippen LogP contribution >= 0.6 is 7.80 Å². The lowest BCUT2D eigenvalue weighted by molar-refractivity contribution is -0.144. The number of aryl methyl sites for hydroxylation is 1. The molecule has 1 aromatic carbocycles. The zero-order valence-electron chi connectivity index (χ0n) is 9.76. The Morgan fingerprint density at radius 1 is 1.35 bits per heavy atom. The summed E-state index contributed by atoms with van der Waals surface area (Å²) in [5.41, 5.74) is 2.08. The first-order valence-electron chi connectivity index (χ1n) is 5.36. The fourth-order valence-corrected chi connectivity index (χ4v) is 1.78. The van der Waals surface area contributed by atoms with Gasteiger partial charge in [-0.3, -0.25) is 4.79 Å². The molecule has 0 spiro atoms. The van der Waals surface area contributed by atoms with E-state index in [2.05, 4.69) is 0 Å². The van der Waals surface area contributed by atoms with Gasteiger partial charge in [-0.15, -0.1) is 0 Å². The summed E-state index contributed by atoms with van der Waals surface area (Å²) in [4.78, 5) is 11.3. The molecule has 0 radical (unpaired) electrons. The molecule has 1 atom stereocenters. The minimum Gasteiger partial charge on any atom is -0.461 e. The van der Waals surface area contributed by atoms with Crippen molar-refractivity contribution in [1.29, 1.82) is 0 Å². The number of carbonyl (C=O) groups is 1. The summed E-state index contributed by atoms with van der Waals surface area (Å²) in [5, 5.41) is 8.55. The van der Waals surface area contributed by atoms with Crippen LogP contribution in [0.25, 0.3) is 0 Å². The maximum absolute atomic E-state index is 11.3. The fourth-order valence-electron chi connectivity index (χ4n) is 1.21. The highest BCUT2D eigenvalue weighted by Crippen LogP contribution is 2.19. The molecular formula is C12H16O4P+. The second-order valence-electron chi connectivity index (χ2n) is 3.74. The predicted octanol–water partition coefficient (Wildman–Crippen LogP) is 2.21. The molecule has 0 bridgehead atoms. The van der Waals surface area contributed by atoms with Gasteiger partial charge in [-0.25, -0.2) is 0 Å². The van der Waals surface area contributed by atoms with E-state index in [1.54, 1.807) is 0 Å². The Morgan fingerprint density at radius 3 is 2.59 bits per heavy atom. The number of carbonyl (C=O) groups excluding carboxylic acids is 1. The monoisotopic (exact) mass is 255 g/mol. The van der Waals surface area contributed by atoms with Crippen LogP contribution in [-0.2, 0) is 20.7 Å². The maximum Gasteiger partial charge on any atom is 0.367 e. The van der Waals surface area contributed by atoms with E-state index in [0.717, 1.165) is 11.1 Å². The Balaban J connectivity index is 2.28. The number of aliphatic hydroxyl groups excluding tert-OH is 1. The molecule has 0 aromatic heterocycles. The molecule has 0 heterocycles. The smallest absolute Gasteiger partial charge is 0.367 e. The molecule has 1 rings (SSSR count). The van der Waals surface area contributed by atoms with E-state index in [0.29, 0.717) is 0 Å². The number of rotatable bonds is 6. The molecule has 0 saturated carbocycles. The molecule has 4 nitrogen and oxygen atoms in total. The molecule has 0 aliphatic carbocycles. The summed E-state index contributed by atoms with van der Waals surface area (Å²) in [6, 6.07) is 7.70. The van der Waals surface area contributed by atoms with Gasteiger partial charge in [-0.2, -0.15) is 0 Å². The lowest BCUT2D eigenvalue weighted by Crippen LogP contribution is -2.05. The molecular weight excluding hydrogens is 239 g/mol. The Kier molecular flexibility index (Phi) is 5.81. The minimum atomic E-state index is -1.68. The molecule has 1 N–H and O–H groups in total. The third-order valence-corrected chi connectivity index (χ3v) is 3.28. The third kappa shape index (κ3) is 5.57. The largest absolute Gasteiger partial charge is 0.461 e. The van der Waals surface area contributed by atoms with Crippen molar-refractivity contribution in [2.75, 3.05) is 12.5 Å². The van der Waals surface area contributed by atoms with Gasteiger partial charge in [0, 0.05) is 0 Å². The van der Waals surface area contributed by atoms with Gasteiger partial charge in [-0.05, 0) is 12.5 Å². The van der Waals surface area contributed by atoms with Crippen LogP contribution in [0.5, 0.6) is 0 Å². The molecule has 0 aliphatic heterocycles. The summed E-state index contributed by atoms with van der Waals surface area (Å²) in [6.07, 6.45) is -0.110. The van der Waals surface area contributed by atoms with Gasteiger partial charge in [0.05, 0.1) is 6.42 Å². The van der Waals surface area contributed by atoms with Crippen molar-refractivity contribution in [1.82, 2.24) is 0 Å². The van der Waals surface area contributed by atoms with Crippen LogP contribution in [0.2, 0.25) is 0 Å². The summed E-state index contributed by atoms with van der Waals surface area (Å²) >= 11 is 0. The minimum absolute atomic E-state index is 0.0849. The van der Waals surface area contributed by atoms with Crippen molar-refractivity contribution in [2.45, 2.75) is 20.0 Å². The number of benzene rings is 1. The van der Waals surface area contributed by atoms with Gasteiger partial charge in [0.2, 0.25) is 6.35 Å². The van der Waals surface area contributed by atoms with E-state index >= 15 is 0 Å². The molecule has 0 aliphatic rings. The summed E-state index contributed by atoms with van der Waals surface area (Å²) in [5.74, 6) is -0.387. The maximum atomic E-state index is 11.3. The lowest BCUT2D eigenvalue weighted by atomic mass is 10.2. The quantitative estimate of drug-likeness (QED) is 0.625. The first kappa shape index (κ1) is 13.8. The molecule has 1 unspecified atom stereocenters. The van der Waals surface area contributed by atoms with E-state index in [4.69, 9.17) is 9.84 Å². The number of hydrogen-bond acceptors (Lipinski definition) is 4. The second-order valence-corrected chi connectivity index (χ2v) is 5.44. The fraction of sp³-hybridized carbons (Fsp3) is 0.417. The molecule has 17 heavy (non-hydrogen) atoms. The average molecular weight is 255 g/mol. The van der Waals surface area contributed by atoms with Crippen molar-refractivity contribution in [2.24, 2.45) is 0 Å². The van der Waals surface area contributed by atoms with E-state index in [1.165, 1.54) is 0 Å². The molecule has 5 heteroatoms. The van der Waals surface area contributed by atoms with E-state index < -0.39 is 7.80 Å². The van der Waals surface area contributed by atoms with Gasteiger partial charge in [0.25, 0.3) is 0 Å². The first-order valence-corrected chi connectivity index (χ1v) is 6.99. The van der Waals surface area contributed by atoms with Gasteiger partial charge >= 0.3 is 13.8 Å². The highest BCUT2D eigenvalue weighted by Gasteiger charge is 2.16. The van der Waals surface area contributed by atoms with E-state index in [1.807, 2.05) is 31.2 Å². The zero-order valence-corrected chi connectivity index (χ0v) is 10.7. The SMILES string of the molecule is Cc1ccc(COC(=O)CC[P+](=O)CO)cc1. The van der Waals surface area contributed by atoms with Crippen molar-refractivity contribution in [3.8, 4) is 0 Å². The highest BCUT2D eigenvalue weighted by molar-refractivity contribution is 7.44. The highest BCUT2D eigenvalue weighted by atomic mass is 31.1. The Morgan fingerprint density at radius 2 is 2.00 bits per heavy atom. The first-order chi connectivity index (χ1) is 8.11. The van der Waals surface area contributed by atoms with Crippen molar-refractivity contribution < 1.29 is 19.2 Å². The van der Waals surface area contributed by atoms with Crippen LogP contribution in [0.15, 0.2) is 24.3 Å². The van der Waals surface area contributed by atoms with E-state index in [9.17, 15) is 9.36 Å². The standard InChI is InChI=1S/C12H16O4P/c1-10-2-4-11(5-3-10)8-16-12(14)6-7-17(15)9-13/h2-5,13H,6-9H2,1H3/q+1. The topological polar surface area (TPSA) is 63.6 Å². The number of hydrogen-bond donors (Lipinski definition) is 1. The Hall–Kier alpha value is -1.25. The van der Waals surface area contributed by atoms with Gasteiger partial charge in [0.15, 0.2) is 6.16 Å². The number of ether oxygens (including phenoxy) is 1. The van der Waals surface area contributed by atoms with Crippen molar-refractivity contribution in [3.63, 3.8) is 0 Å². The summed E-state index contributed by atoms with van der Waals surface area (Å²) in [6.45, 7) is 2.22. The van der Waals surface area contributed by atoms with Crippen LogP contribution in [0.1, 0.15) is 17.5 Å². The second kappa shape index (κ2) is 7.15. The van der Waals surface area contributed by atoms with E-state index in [-0.39, 0.29) is 31.5 Å². The zero-order chi connectivity index (χ0) is 12.7. The molecule has 0 amide bonds. The summed E-state index contributed by atoms with van der Waals surface area (Å²) < 4.78 is 15.9. The predicted molar refractivity (Wildman–Crippen MR) is 65.2 cm³/mol. The van der Waals surface area contributed by atoms with Crippen LogP contribution < -0.4 is 0 Å². The van der Waals surface area contributed by atoms with Gasteiger partial charge in [-0.1, -0.05) is 34.4 Å². The molecule has 0 saturated heterocycles. The molecule has 1 aromatic rings. The summed E-state index contributed by atoms with van der Waals surface area (Å²) in [7, 11) is -1.68. The molecule has 92 valence electrons. The molecule has 0 fully saturated rings. The number of esters is 1. The van der Waals surface area contributed by atoms with Crippen LogP contribution in [0, 0.1) is 6.92 Å². The van der Waals surface area contributed by atoms with Crippen molar-refractivity contribution >= 4 is 13.8 Å². The third-order valence-electron chi connectivity index (χ3n) is 2.24. The van der Waals surface area contributed by atoms with Gasteiger partial charge < -0.3 is 9.84 Å². The average Bonchev–Trinajstić information content (AvgIpc) is 2.35. The van der Waals surface area contributed by atoms with Crippen LogP contribution in [0.3, 0.4) is 0 Å². The number of aliphatic hydroxyl groups is 1.